The van der Waals surface area contributed by atoms with E-state index in [0.717, 1.165) is 30.2 Å². The van der Waals surface area contributed by atoms with Crippen molar-refractivity contribution in [1.82, 2.24) is 25.2 Å². The zero-order valence-electron chi connectivity index (χ0n) is 20.2. The summed E-state index contributed by atoms with van der Waals surface area (Å²) >= 11 is 0. The highest BCUT2D eigenvalue weighted by Crippen LogP contribution is 2.19. The van der Waals surface area contributed by atoms with Gasteiger partial charge in [-0.3, -0.25) is 19.1 Å². The van der Waals surface area contributed by atoms with E-state index in [1.807, 2.05) is 31.3 Å². The zero-order valence-corrected chi connectivity index (χ0v) is 20.2. The van der Waals surface area contributed by atoms with E-state index < -0.39 is 0 Å². The molecule has 2 aliphatic heterocycles. The van der Waals surface area contributed by atoms with Gasteiger partial charge in [0.1, 0.15) is 12.4 Å². The molecular weight excluding hydrogens is 444 g/mol. The molecule has 0 bridgehead atoms. The molecule has 0 saturated carbocycles. The van der Waals surface area contributed by atoms with E-state index in [-0.39, 0.29) is 29.7 Å². The molecule has 10 nitrogen and oxygen atoms in total. The van der Waals surface area contributed by atoms with Gasteiger partial charge in [0.15, 0.2) is 5.82 Å². The molecule has 0 radical (unpaired) electrons. The largest absolute Gasteiger partial charge is 0.386 e. The van der Waals surface area contributed by atoms with Crippen molar-refractivity contribution in [2.45, 2.75) is 33.2 Å². The van der Waals surface area contributed by atoms with Crippen molar-refractivity contribution in [2.75, 3.05) is 36.8 Å². The fraction of sp³-hybridized carbons (Fsp3) is 0.400. The summed E-state index contributed by atoms with van der Waals surface area (Å²) < 4.78 is 1.43. The summed E-state index contributed by atoms with van der Waals surface area (Å²) in [7, 11) is 0. The Labute approximate surface area is 204 Å². The van der Waals surface area contributed by atoms with Crippen LogP contribution in [0, 0.1) is 12.8 Å². The number of pyridine rings is 1. The van der Waals surface area contributed by atoms with Crippen molar-refractivity contribution < 1.29 is 4.79 Å². The molecule has 2 aliphatic rings. The molecule has 0 saturated heterocycles. The van der Waals surface area contributed by atoms with Crippen LogP contribution < -0.4 is 26.8 Å². The van der Waals surface area contributed by atoms with Crippen molar-refractivity contribution in [2.24, 2.45) is 10.9 Å². The Kier molecular flexibility index (Phi) is 7.92. The van der Waals surface area contributed by atoms with Crippen LogP contribution in [-0.2, 0) is 24.2 Å². The zero-order chi connectivity index (χ0) is 24.6. The Morgan fingerprint density at radius 1 is 1.31 bits per heavy atom. The lowest BCUT2D eigenvalue weighted by molar-refractivity contribution is -0.121. The number of aliphatic imine (C=N–C) groups is 1. The van der Waals surface area contributed by atoms with Crippen LogP contribution in [0.15, 0.2) is 52.2 Å². The van der Waals surface area contributed by atoms with Crippen LogP contribution in [-0.4, -0.2) is 52.8 Å². The first kappa shape index (κ1) is 24.2. The Morgan fingerprint density at radius 3 is 3.09 bits per heavy atom. The van der Waals surface area contributed by atoms with Gasteiger partial charge in [0, 0.05) is 49.9 Å². The lowest BCUT2D eigenvalue weighted by atomic mass is 10.1. The first-order valence-electron chi connectivity index (χ1n) is 11.9. The first-order valence-corrected chi connectivity index (χ1v) is 11.9. The quantitative estimate of drug-likeness (QED) is 0.454. The molecule has 184 valence electrons. The molecule has 1 amide bonds. The second-order valence-corrected chi connectivity index (χ2v) is 8.68. The number of amides is 1. The van der Waals surface area contributed by atoms with Gasteiger partial charge in [-0.25, -0.2) is 9.97 Å². The maximum absolute atomic E-state index is 13.0. The molecule has 1 atom stereocenters. The predicted molar refractivity (Wildman–Crippen MR) is 138 cm³/mol. The molecule has 35 heavy (non-hydrogen) atoms. The minimum Gasteiger partial charge on any atom is -0.386 e. The number of allylic oxidation sites excluding steroid dienone is 2. The molecule has 4 rings (SSSR count). The molecule has 0 fully saturated rings. The average Bonchev–Trinajstić information content (AvgIpc) is 3.34. The average molecular weight is 477 g/mol. The number of hydrogen-bond donors (Lipinski definition) is 4. The van der Waals surface area contributed by atoms with Gasteiger partial charge in [-0.2, -0.15) is 0 Å². The molecule has 4 N–H and O–H groups in total. The number of aryl methyl sites for hydroxylation is 1. The Bertz CT molecular complexity index is 1210. The van der Waals surface area contributed by atoms with Crippen molar-refractivity contribution >= 4 is 23.8 Å². The van der Waals surface area contributed by atoms with Crippen LogP contribution in [0.25, 0.3) is 0 Å². The Hall–Kier alpha value is -3.95. The smallest absolute Gasteiger partial charge is 0.293 e. The maximum atomic E-state index is 13.0. The highest BCUT2D eigenvalue weighted by atomic mass is 16.2. The summed E-state index contributed by atoms with van der Waals surface area (Å²) in [5.41, 5.74) is 3.25. The normalized spacial score (nSPS) is 19.1. The number of rotatable bonds is 8. The molecule has 2 aromatic heterocycles. The highest BCUT2D eigenvalue weighted by Gasteiger charge is 2.14. The summed E-state index contributed by atoms with van der Waals surface area (Å²) in [5, 5.41) is 12.4. The predicted octanol–water partition coefficient (Wildman–Crippen LogP) is 1.39. The van der Waals surface area contributed by atoms with E-state index in [0.29, 0.717) is 31.7 Å². The second-order valence-electron chi connectivity index (χ2n) is 8.68. The number of carbonyl (C=O) groups is 1. The Balaban J connectivity index is 1.34. The third-order valence-corrected chi connectivity index (χ3v) is 5.86. The summed E-state index contributed by atoms with van der Waals surface area (Å²) in [5.74, 6) is 1.09. The van der Waals surface area contributed by atoms with Crippen LogP contribution in [0.3, 0.4) is 0 Å². The molecule has 1 unspecified atom stereocenters. The van der Waals surface area contributed by atoms with Gasteiger partial charge in [0.2, 0.25) is 5.91 Å². The Morgan fingerprint density at radius 2 is 2.20 bits per heavy atom. The van der Waals surface area contributed by atoms with Crippen molar-refractivity contribution in [3.8, 4) is 0 Å². The second kappa shape index (κ2) is 11.5. The summed E-state index contributed by atoms with van der Waals surface area (Å²) in [4.78, 5) is 38.9. The standard InChI is InChI=1S/C25H32N8O2/c1-17-5-8-26-11-12-27-21(13-17)15-30-22(34)16-33-18(2)14-31-24(25(33)35)29-10-7-20-4-3-19-6-9-28-23(19)32-20/h3-5,8,12-14,17,26H,6-7,9-11,15-16H2,1-2H3,(H,28,32)(H,29,31)(H,30,34)/b8-5-,21-13-,27-12?. The van der Waals surface area contributed by atoms with E-state index >= 15 is 0 Å². The van der Waals surface area contributed by atoms with E-state index in [4.69, 9.17) is 0 Å². The van der Waals surface area contributed by atoms with Crippen molar-refractivity contribution in [3.05, 3.63) is 69.7 Å². The molecule has 0 aromatic carbocycles. The van der Waals surface area contributed by atoms with Gasteiger partial charge in [-0.15, -0.1) is 0 Å². The number of nitrogens with zero attached hydrogens (tertiary/aromatic N) is 4. The molecule has 4 heterocycles. The van der Waals surface area contributed by atoms with E-state index in [1.54, 1.807) is 19.3 Å². The number of nitrogens with one attached hydrogen (secondary N) is 4. The summed E-state index contributed by atoms with van der Waals surface area (Å²) in [6.45, 7) is 6.06. The third-order valence-electron chi connectivity index (χ3n) is 5.86. The molecule has 0 aliphatic carbocycles. The van der Waals surface area contributed by atoms with Gasteiger partial charge in [0.25, 0.3) is 5.56 Å². The summed E-state index contributed by atoms with van der Waals surface area (Å²) in [6.07, 6.45) is 11.0. The molecule has 10 heteroatoms. The minimum atomic E-state index is -0.326. The fourth-order valence-corrected chi connectivity index (χ4v) is 3.93. The maximum Gasteiger partial charge on any atom is 0.293 e. The van der Waals surface area contributed by atoms with Crippen molar-refractivity contribution in [3.63, 3.8) is 0 Å². The van der Waals surface area contributed by atoms with E-state index in [1.165, 1.54) is 10.1 Å². The summed E-state index contributed by atoms with van der Waals surface area (Å²) in [6, 6.07) is 4.12. The number of anilines is 2. The van der Waals surface area contributed by atoms with Gasteiger partial charge < -0.3 is 21.3 Å². The van der Waals surface area contributed by atoms with Gasteiger partial charge in [-0.1, -0.05) is 25.1 Å². The molecular formula is C25H32N8O2. The molecule has 2 aromatic rings. The lowest BCUT2D eigenvalue weighted by Crippen LogP contribution is -2.35. The minimum absolute atomic E-state index is 0.0894. The van der Waals surface area contributed by atoms with Gasteiger partial charge in [-0.05, 0) is 37.1 Å². The lowest BCUT2D eigenvalue weighted by Gasteiger charge is -2.13. The topological polar surface area (TPSA) is 125 Å². The van der Waals surface area contributed by atoms with Crippen LogP contribution >= 0.6 is 0 Å². The number of carbonyl (C=O) groups excluding carboxylic acids is 1. The third kappa shape index (κ3) is 6.56. The van der Waals surface area contributed by atoms with Crippen LogP contribution in [0.4, 0.5) is 11.6 Å². The number of aromatic nitrogens is 3. The van der Waals surface area contributed by atoms with Gasteiger partial charge in [0.05, 0.1) is 12.2 Å². The van der Waals surface area contributed by atoms with E-state index in [2.05, 4.69) is 42.3 Å². The van der Waals surface area contributed by atoms with Crippen LogP contribution in [0.5, 0.6) is 0 Å². The van der Waals surface area contributed by atoms with Crippen LogP contribution in [0.2, 0.25) is 0 Å². The van der Waals surface area contributed by atoms with Crippen LogP contribution in [0.1, 0.15) is 23.9 Å². The first-order chi connectivity index (χ1) is 17.0. The number of fused-ring (bicyclic) bond motifs is 1. The van der Waals surface area contributed by atoms with Crippen molar-refractivity contribution in [1.29, 1.82) is 0 Å². The molecule has 0 spiro atoms. The highest BCUT2D eigenvalue weighted by molar-refractivity contribution is 5.76. The fourth-order valence-electron chi connectivity index (χ4n) is 3.93. The number of hydrogen-bond acceptors (Lipinski definition) is 8. The SMILES string of the molecule is Cc1cnc(NCCc2ccc3c(n2)NCC3)c(=O)n1CC(=O)NC/C1=C/C(C)/C=C\NCC=N1. The van der Waals surface area contributed by atoms with Gasteiger partial charge >= 0.3 is 0 Å². The monoisotopic (exact) mass is 476 g/mol. The van der Waals surface area contributed by atoms with E-state index in [9.17, 15) is 9.59 Å².